The SMILES string of the molecule is CC(C)[O][Ti](=[O])[O]Cl. The van der Waals surface area contributed by atoms with Crippen LogP contribution in [0.4, 0.5) is 0 Å². The van der Waals surface area contributed by atoms with Gasteiger partial charge in [-0.1, -0.05) is 0 Å². The van der Waals surface area contributed by atoms with Gasteiger partial charge in [0.15, 0.2) is 0 Å². The summed E-state index contributed by atoms with van der Waals surface area (Å²) in [6.45, 7) is 3.53. The minimum atomic E-state index is -2.96. The summed E-state index contributed by atoms with van der Waals surface area (Å²) >= 11 is 1.78. The van der Waals surface area contributed by atoms with Crippen molar-refractivity contribution in [3.63, 3.8) is 0 Å². The molecule has 0 radical (unpaired) electrons. The summed E-state index contributed by atoms with van der Waals surface area (Å²) < 4.78 is 18.9. The zero-order valence-electron chi connectivity index (χ0n) is 4.68. The Hall–Kier alpha value is 0.724. The Morgan fingerprint density at radius 3 is 2.25 bits per heavy atom. The van der Waals surface area contributed by atoms with Gasteiger partial charge in [-0.05, 0) is 0 Å². The Bertz CT molecular complexity index is 84.6. The molecule has 0 aromatic rings. The van der Waals surface area contributed by atoms with Crippen molar-refractivity contribution in [1.29, 1.82) is 0 Å². The predicted octanol–water partition coefficient (Wildman–Crippen LogP) is 1.38. The fraction of sp³-hybridized carbons (Fsp3) is 1.00. The van der Waals surface area contributed by atoms with Crippen LogP contribution in [0.1, 0.15) is 13.8 Å². The van der Waals surface area contributed by atoms with Crippen molar-refractivity contribution in [3.8, 4) is 0 Å². The molecule has 0 spiro atoms. The molecule has 0 aromatic carbocycles. The van der Waals surface area contributed by atoms with Gasteiger partial charge in [-0.15, -0.1) is 0 Å². The third-order valence-corrected chi connectivity index (χ3v) is 2.15. The molecule has 5 heteroatoms. The summed E-state index contributed by atoms with van der Waals surface area (Å²) in [5.74, 6) is 0. The third kappa shape index (κ3) is 4.87. The van der Waals surface area contributed by atoms with Gasteiger partial charge >= 0.3 is 59.9 Å². The van der Waals surface area contributed by atoms with Crippen LogP contribution in [0.3, 0.4) is 0 Å². The topological polar surface area (TPSA) is 35.5 Å². The fourth-order valence-electron chi connectivity index (χ4n) is 0.211. The maximum atomic E-state index is 10.3. The molecule has 0 bridgehead atoms. The normalized spacial score (nSPS) is 10.0. The average molecular weight is 174 g/mol. The number of hydrogen-bond acceptors (Lipinski definition) is 3. The second-order valence-electron chi connectivity index (χ2n) is 1.49. The maximum absolute atomic E-state index is 10.3. The number of hydrogen-bond donors (Lipinski definition) is 0. The van der Waals surface area contributed by atoms with Gasteiger partial charge < -0.3 is 0 Å². The summed E-state index contributed by atoms with van der Waals surface area (Å²) in [5.41, 5.74) is 0. The molecule has 0 N–H and O–H groups in total. The molecule has 0 saturated carbocycles. The van der Waals surface area contributed by atoms with E-state index >= 15 is 0 Å². The molecule has 0 heterocycles. The van der Waals surface area contributed by atoms with Gasteiger partial charge in [0, 0.05) is 0 Å². The van der Waals surface area contributed by atoms with Gasteiger partial charge in [0.1, 0.15) is 0 Å². The van der Waals surface area contributed by atoms with E-state index in [9.17, 15) is 3.32 Å². The van der Waals surface area contributed by atoms with Gasteiger partial charge in [0.2, 0.25) is 0 Å². The molecule has 0 aliphatic heterocycles. The van der Waals surface area contributed by atoms with E-state index in [2.05, 4.69) is 6.19 Å². The van der Waals surface area contributed by atoms with Crippen LogP contribution in [0.2, 0.25) is 0 Å². The van der Waals surface area contributed by atoms with Crippen molar-refractivity contribution in [2.24, 2.45) is 0 Å². The molecule has 8 heavy (non-hydrogen) atoms. The van der Waals surface area contributed by atoms with Crippen molar-refractivity contribution in [1.82, 2.24) is 0 Å². The Morgan fingerprint density at radius 2 is 2.12 bits per heavy atom. The second kappa shape index (κ2) is 4.59. The van der Waals surface area contributed by atoms with Gasteiger partial charge in [-0.3, -0.25) is 0 Å². The summed E-state index contributed by atoms with van der Waals surface area (Å²) in [6, 6.07) is 0. The third-order valence-electron chi connectivity index (χ3n) is 0.395. The quantitative estimate of drug-likeness (QED) is 0.606. The average Bonchev–Trinajstić information content (AvgIpc) is 1.65. The molecule has 0 aliphatic rings. The molecule has 0 atom stereocenters. The van der Waals surface area contributed by atoms with E-state index in [0.717, 1.165) is 0 Å². The molecular weight excluding hydrogens is 167 g/mol. The van der Waals surface area contributed by atoms with Crippen molar-refractivity contribution < 1.29 is 28.1 Å². The monoisotopic (exact) mass is 174 g/mol. The van der Waals surface area contributed by atoms with Crippen LogP contribution in [0.25, 0.3) is 0 Å². The van der Waals surface area contributed by atoms with E-state index in [-0.39, 0.29) is 6.10 Å². The van der Waals surface area contributed by atoms with Crippen LogP contribution in [-0.2, 0) is 28.1 Å². The Kier molecular flexibility index (Phi) is 5.00. The first kappa shape index (κ1) is 8.72. The van der Waals surface area contributed by atoms with Gasteiger partial charge in [0.25, 0.3) is 0 Å². The first-order valence-corrected chi connectivity index (χ1v) is 4.38. The van der Waals surface area contributed by atoms with E-state index < -0.39 is 18.6 Å². The van der Waals surface area contributed by atoms with E-state index in [1.54, 1.807) is 13.8 Å². The van der Waals surface area contributed by atoms with E-state index in [4.69, 9.17) is 11.9 Å². The molecule has 0 amide bonds. The van der Waals surface area contributed by atoms with E-state index in [1.807, 2.05) is 0 Å². The Morgan fingerprint density at radius 1 is 1.62 bits per heavy atom. The molecule has 0 saturated heterocycles. The summed E-state index contributed by atoms with van der Waals surface area (Å²) in [6.07, 6.45) is -0.0683. The number of halogens is 1. The van der Waals surface area contributed by atoms with Crippen LogP contribution in [-0.4, -0.2) is 6.10 Å². The zero-order chi connectivity index (χ0) is 6.57. The minimum absolute atomic E-state index is 0.0683. The standard InChI is InChI=1S/C3H7O.ClO.O.Ti/c1-3(2)4;1-2;;/h3H,1-2H3;;;/q2*-1;;+2. The number of rotatable bonds is 3. The van der Waals surface area contributed by atoms with E-state index in [1.165, 1.54) is 0 Å². The van der Waals surface area contributed by atoms with Crippen LogP contribution < -0.4 is 0 Å². The first-order valence-electron chi connectivity index (χ1n) is 2.16. The van der Waals surface area contributed by atoms with Crippen LogP contribution in [0.15, 0.2) is 0 Å². The van der Waals surface area contributed by atoms with Gasteiger partial charge in [0.05, 0.1) is 0 Å². The van der Waals surface area contributed by atoms with E-state index in [0.29, 0.717) is 0 Å². The molecule has 48 valence electrons. The summed E-state index contributed by atoms with van der Waals surface area (Å²) in [7, 11) is 0. The van der Waals surface area contributed by atoms with Gasteiger partial charge in [-0.2, -0.15) is 0 Å². The molecule has 0 unspecified atom stereocenters. The van der Waals surface area contributed by atoms with Gasteiger partial charge in [-0.25, -0.2) is 0 Å². The molecule has 0 fully saturated rings. The summed E-state index contributed by atoms with van der Waals surface area (Å²) in [4.78, 5) is 0. The first-order chi connectivity index (χ1) is 3.66. The summed E-state index contributed by atoms with van der Waals surface area (Å²) in [5, 5.41) is 0. The van der Waals surface area contributed by atoms with Crippen LogP contribution in [0, 0.1) is 0 Å². The molecule has 3 nitrogen and oxygen atoms in total. The van der Waals surface area contributed by atoms with Crippen molar-refractivity contribution in [3.05, 3.63) is 0 Å². The Labute approximate surface area is 60.2 Å². The molecule has 0 aliphatic carbocycles. The van der Waals surface area contributed by atoms with Crippen LogP contribution in [0.5, 0.6) is 0 Å². The van der Waals surface area contributed by atoms with Crippen molar-refractivity contribution in [2.75, 3.05) is 0 Å². The van der Waals surface area contributed by atoms with Crippen molar-refractivity contribution in [2.45, 2.75) is 20.0 Å². The second-order valence-corrected chi connectivity index (χ2v) is 3.52. The molecular formula is C3H7ClO3Ti. The van der Waals surface area contributed by atoms with Crippen molar-refractivity contribution >= 4 is 11.9 Å². The molecule has 0 aromatic heterocycles. The zero-order valence-corrected chi connectivity index (χ0v) is 7.00. The van der Waals surface area contributed by atoms with Crippen LogP contribution >= 0.6 is 11.9 Å². The molecule has 0 rings (SSSR count). The fourth-order valence-corrected chi connectivity index (χ4v) is 1.02. The Balaban J connectivity index is 3.25. The predicted molar refractivity (Wildman–Crippen MR) is 23.8 cm³/mol.